The van der Waals surface area contributed by atoms with E-state index in [0.29, 0.717) is 31.9 Å². The summed E-state index contributed by atoms with van der Waals surface area (Å²) in [5.74, 6) is 0. The Morgan fingerprint density at radius 2 is 1.81 bits per heavy atom. The second kappa shape index (κ2) is 6.98. The number of hydrogen-bond acceptors (Lipinski definition) is 5. The van der Waals surface area contributed by atoms with Crippen molar-refractivity contribution in [2.24, 2.45) is 5.41 Å². The highest BCUT2D eigenvalue weighted by Gasteiger charge is 2.54. The van der Waals surface area contributed by atoms with Gasteiger partial charge in [-0.25, -0.2) is 9.59 Å². The predicted octanol–water partition coefficient (Wildman–Crippen LogP) is 1.91. The summed E-state index contributed by atoms with van der Waals surface area (Å²) in [5, 5.41) is 2.78. The molecule has 0 aromatic carbocycles. The van der Waals surface area contributed by atoms with Crippen LogP contribution in [0.3, 0.4) is 0 Å². The number of nitrogens with one attached hydrogen (secondary N) is 1. The minimum Gasteiger partial charge on any atom is -0.447 e. The van der Waals surface area contributed by atoms with Crippen LogP contribution in [0.4, 0.5) is 22.8 Å². The molecular weight excluding hydrogens is 415 g/mol. The summed E-state index contributed by atoms with van der Waals surface area (Å²) < 4.78 is 42.9. The van der Waals surface area contributed by atoms with Crippen LogP contribution >= 0.6 is 0 Å². The van der Waals surface area contributed by atoms with Crippen molar-refractivity contribution in [1.29, 1.82) is 0 Å². The first-order chi connectivity index (χ1) is 14.7. The Bertz CT molecular complexity index is 869. The van der Waals surface area contributed by atoms with Gasteiger partial charge in [-0.1, -0.05) is 0 Å². The number of rotatable bonds is 2. The second-order valence-corrected chi connectivity index (χ2v) is 9.29. The molecule has 4 fully saturated rings. The predicted molar refractivity (Wildman–Crippen MR) is 102 cm³/mol. The van der Waals surface area contributed by atoms with E-state index in [2.05, 4.69) is 15.2 Å². The van der Waals surface area contributed by atoms with Crippen molar-refractivity contribution in [1.82, 2.24) is 25.0 Å². The van der Waals surface area contributed by atoms with Crippen molar-refractivity contribution in [3.63, 3.8) is 0 Å². The highest BCUT2D eigenvalue weighted by Crippen LogP contribution is 2.42. The quantitative estimate of drug-likeness (QED) is 0.762. The lowest BCUT2D eigenvalue weighted by Gasteiger charge is -2.56. The van der Waals surface area contributed by atoms with Crippen molar-refractivity contribution in [3.8, 4) is 0 Å². The number of pyridine rings is 1. The molecule has 0 aliphatic carbocycles. The largest absolute Gasteiger partial charge is 0.447 e. The fourth-order valence-corrected chi connectivity index (χ4v) is 5.00. The van der Waals surface area contributed by atoms with Crippen molar-refractivity contribution < 1.29 is 27.5 Å². The molecule has 2 spiro atoms. The summed E-state index contributed by atoms with van der Waals surface area (Å²) in [6, 6.07) is 2.52. The van der Waals surface area contributed by atoms with E-state index in [9.17, 15) is 22.8 Å². The molecule has 3 amide bonds. The number of aromatic nitrogens is 1. The van der Waals surface area contributed by atoms with E-state index >= 15 is 0 Å². The molecule has 0 saturated carbocycles. The molecule has 168 valence electrons. The summed E-state index contributed by atoms with van der Waals surface area (Å²) in [5.41, 5.74) is -0.381. The van der Waals surface area contributed by atoms with E-state index in [0.717, 1.165) is 51.3 Å². The lowest BCUT2D eigenvalue weighted by Crippen LogP contribution is -2.73. The number of alkyl halides is 3. The Morgan fingerprint density at radius 3 is 2.35 bits per heavy atom. The SMILES string of the molecule is O=C1NC2(CO1)CN(C(=O)N1CC3(CCN(Cc4ccc(C(F)(F)F)cn4)CC3)C1)C2. The average molecular weight is 439 g/mol. The Labute approximate surface area is 177 Å². The number of carbonyl (C=O) groups is 2. The third kappa shape index (κ3) is 3.79. The van der Waals surface area contributed by atoms with Crippen molar-refractivity contribution in [3.05, 3.63) is 29.6 Å². The van der Waals surface area contributed by atoms with Crippen molar-refractivity contribution >= 4 is 12.1 Å². The Kier molecular flexibility index (Phi) is 4.58. The van der Waals surface area contributed by atoms with E-state index in [1.54, 1.807) is 4.90 Å². The maximum absolute atomic E-state index is 12.7. The topological polar surface area (TPSA) is 78.0 Å². The molecule has 1 aromatic heterocycles. The van der Waals surface area contributed by atoms with Crippen LogP contribution in [-0.4, -0.2) is 83.2 Å². The zero-order valence-corrected chi connectivity index (χ0v) is 17.0. The molecule has 0 unspecified atom stereocenters. The zero-order valence-electron chi connectivity index (χ0n) is 17.0. The summed E-state index contributed by atoms with van der Waals surface area (Å²) in [4.78, 5) is 33.6. The van der Waals surface area contributed by atoms with Crippen LogP contribution < -0.4 is 5.32 Å². The number of hydrogen-bond donors (Lipinski definition) is 1. The van der Waals surface area contributed by atoms with Gasteiger partial charge >= 0.3 is 18.3 Å². The van der Waals surface area contributed by atoms with Gasteiger partial charge in [0.05, 0.1) is 24.3 Å². The summed E-state index contributed by atoms with van der Waals surface area (Å²) in [6.45, 7) is 4.92. The van der Waals surface area contributed by atoms with Gasteiger partial charge in [0.25, 0.3) is 0 Å². The summed E-state index contributed by atoms with van der Waals surface area (Å²) >= 11 is 0. The van der Waals surface area contributed by atoms with Gasteiger partial charge < -0.3 is 19.9 Å². The summed E-state index contributed by atoms with van der Waals surface area (Å²) in [6.07, 6.45) is -2.00. The maximum atomic E-state index is 12.7. The molecule has 0 radical (unpaired) electrons. The van der Waals surface area contributed by atoms with Crippen molar-refractivity contribution in [2.45, 2.75) is 31.1 Å². The third-order valence-corrected chi connectivity index (χ3v) is 6.88. The van der Waals surface area contributed by atoms with Crippen LogP contribution in [0.25, 0.3) is 0 Å². The fraction of sp³-hybridized carbons (Fsp3) is 0.650. The standard InChI is InChI=1S/C20H24F3N5O3/c21-20(22,23)14-1-2-15(24-7-14)8-26-5-3-18(4-6-26)9-27(10-18)17(30)28-11-19(12-28)13-31-16(29)25-19/h1-2,7H,3-6,8-13H2,(H,25,29). The highest BCUT2D eigenvalue weighted by molar-refractivity contribution is 5.78. The van der Waals surface area contributed by atoms with Crippen LogP contribution in [0.15, 0.2) is 18.3 Å². The smallest absolute Gasteiger partial charge is 0.417 e. The molecular formula is C20H24F3N5O3. The van der Waals surface area contributed by atoms with Crippen molar-refractivity contribution in [2.75, 3.05) is 45.9 Å². The molecule has 1 aromatic rings. The fourth-order valence-electron chi connectivity index (χ4n) is 5.00. The van der Waals surface area contributed by atoms with Gasteiger partial charge in [0.15, 0.2) is 0 Å². The average Bonchev–Trinajstić information content (AvgIpc) is 3.07. The number of piperidine rings is 1. The van der Waals surface area contributed by atoms with Gasteiger partial charge in [-0.2, -0.15) is 13.2 Å². The molecule has 1 N–H and O–H groups in total. The molecule has 4 aliphatic heterocycles. The van der Waals surface area contributed by atoms with Crippen LogP contribution in [0.1, 0.15) is 24.1 Å². The minimum absolute atomic E-state index is 0.00813. The number of nitrogens with zero attached hydrogens (tertiary/aromatic N) is 4. The number of ether oxygens (including phenoxy) is 1. The van der Waals surface area contributed by atoms with Crippen LogP contribution in [0.2, 0.25) is 0 Å². The van der Waals surface area contributed by atoms with Crippen LogP contribution in [-0.2, 0) is 17.5 Å². The molecule has 0 bridgehead atoms. The zero-order chi connectivity index (χ0) is 21.9. The second-order valence-electron chi connectivity index (χ2n) is 9.29. The number of cyclic esters (lactones) is 1. The molecule has 11 heteroatoms. The van der Waals surface area contributed by atoms with Crippen LogP contribution in [0.5, 0.6) is 0 Å². The van der Waals surface area contributed by atoms with Gasteiger partial charge in [0.2, 0.25) is 0 Å². The molecule has 8 nitrogen and oxygen atoms in total. The molecule has 5 rings (SSSR count). The van der Waals surface area contributed by atoms with Gasteiger partial charge in [0, 0.05) is 31.2 Å². The number of likely N-dealkylation sites (tertiary alicyclic amines) is 3. The molecule has 4 aliphatic rings. The van der Waals surface area contributed by atoms with E-state index in [1.165, 1.54) is 6.07 Å². The van der Waals surface area contributed by atoms with E-state index < -0.39 is 23.4 Å². The van der Waals surface area contributed by atoms with Crippen LogP contribution in [0, 0.1) is 5.41 Å². The number of amides is 3. The normalized spacial score (nSPS) is 24.5. The Hall–Kier alpha value is -2.56. The molecule has 0 atom stereocenters. The first-order valence-corrected chi connectivity index (χ1v) is 10.4. The molecule has 4 saturated heterocycles. The first kappa shape index (κ1) is 20.3. The molecule has 31 heavy (non-hydrogen) atoms. The van der Waals surface area contributed by atoms with Gasteiger partial charge in [0.1, 0.15) is 12.1 Å². The van der Waals surface area contributed by atoms with Gasteiger partial charge in [-0.15, -0.1) is 0 Å². The van der Waals surface area contributed by atoms with Gasteiger partial charge in [-0.3, -0.25) is 9.88 Å². The number of halogens is 3. The van der Waals surface area contributed by atoms with Gasteiger partial charge in [-0.05, 0) is 38.1 Å². The Balaban J connectivity index is 1.06. The monoisotopic (exact) mass is 439 g/mol. The number of alkyl carbamates (subject to hydrolysis) is 1. The van der Waals surface area contributed by atoms with E-state index in [-0.39, 0.29) is 11.4 Å². The molecule has 5 heterocycles. The maximum Gasteiger partial charge on any atom is 0.417 e. The number of urea groups is 1. The Morgan fingerprint density at radius 1 is 1.13 bits per heavy atom. The third-order valence-electron chi connectivity index (χ3n) is 6.88. The van der Waals surface area contributed by atoms with E-state index in [4.69, 9.17) is 4.74 Å². The summed E-state index contributed by atoms with van der Waals surface area (Å²) in [7, 11) is 0. The van der Waals surface area contributed by atoms with E-state index in [1.807, 2.05) is 4.90 Å². The first-order valence-electron chi connectivity index (χ1n) is 10.4. The highest BCUT2D eigenvalue weighted by atomic mass is 19.4. The lowest BCUT2D eigenvalue weighted by molar-refractivity contribution is -0.137. The lowest BCUT2D eigenvalue weighted by atomic mass is 9.72. The number of carbonyl (C=O) groups excluding carboxylic acids is 2. The minimum atomic E-state index is -4.37.